The molecule has 0 spiro atoms. The highest BCUT2D eigenvalue weighted by Gasteiger charge is 2.54. The molecule has 3 aliphatic rings. The zero-order chi connectivity index (χ0) is 38.8. The molecule has 298 valence electrons. The number of ether oxygens (including phenoxy) is 7. The fraction of sp³-hybridized carbons (Fsp3) is 0.946. The Morgan fingerprint density at radius 3 is 2.02 bits per heavy atom. The van der Waals surface area contributed by atoms with Crippen molar-refractivity contribution in [3.63, 3.8) is 0 Å². The highest BCUT2D eigenvalue weighted by Crippen LogP contribution is 2.41. The van der Waals surface area contributed by atoms with Crippen molar-refractivity contribution in [2.45, 2.75) is 179 Å². The zero-order valence-electron chi connectivity index (χ0n) is 33.0. The van der Waals surface area contributed by atoms with Crippen molar-refractivity contribution in [1.82, 2.24) is 5.32 Å². The third kappa shape index (κ3) is 9.33. The van der Waals surface area contributed by atoms with Gasteiger partial charge in [0.25, 0.3) is 0 Å². The summed E-state index contributed by atoms with van der Waals surface area (Å²) in [6, 6.07) is -0.334. The number of nitrogens with one attached hydrogen (secondary N) is 1. The summed E-state index contributed by atoms with van der Waals surface area (Å²) in [5, 5.41) is 48.4. The number of carbonyl (C=O) groups is 2. The maximum Gasteiger partial charge on any atom is 0.311 e. The Balaban J connectivity index is 2.21. The number of likely N-dealkylation sites (N-methyl/N-ethyl adjacent to an activating group) is 1. The van der Waals surface area contributed by atoms with Crippen LogP contribution in [-0.4, -0.2) is 138 Å². The first kappa shape index (κ1) is 44.1. The molecule has 0 aromatic carbocycles. The molecule has 0 saturated carbocycles. The van der Waals surface area contributed by atoms with E-state index in [1.165, 1.54) is 21.1 Å². The molecule has 3 saturated heterocycles. The minimum Gasteiger partial charge on any atom is -0.459 e. The summed E-state index contributed by atoms with van der Waals surface area (Å²) in [5.74, 6) is -4.47. The van der Waals surface area contributed by atoms with E-state index < -0.39 is 102 Å². The molecule has 0 aromatic heterocycles. The number of cyclic esters (lactones) is 1. The number of rotatable bonds is 8. The summed E-state index contributed by atoms with van der Waals surface area (Å²) in [6.45, 7) is 17.0. The second kappa shape index (κ2) is 17.4. The summed E-state index contributed by atoms with van der Waals surface area (Å²) in [5.41, 5.74) is -4.24. The third-order valence-electron chi connectivity index (χ3n) is 12.0. The highest BCUT2D eigenvalue weighted by molar-refractivity contribution is 5.83. The van der Waals surface area contributed by atoms with E-state index in [4.69, 9.17) is 33.2 Å². The maximum atomic E-state index is 14.1. The molecule has 0 bridgehead atoms. The number of carbonyl (C=O) groups excluding carboxylic acids is 2. The Bertz CT molecular complexity index is 1160. The largest absolute Gasteiger partial charge is 0.459 e. The van der Waals surface area contributed by atoms with Crippen LogP contribution in [0.1, 0.15) is 94.9 Å². The minimum atomic E-state index is -1.96. The van der Waals surface area contributed by atoms with Crippen molar-refractivity contribution >= 4 is 11.8 Å². The Kier molecular flexibility index (Phi) is 15.1. The number of aliphatic hydroxyl groups excluding tert-OH is 3. The Morgan fingerprint density at radius 1 is 0.863 bits per heavy atom. The van der Waals surface area contributed by atoms with Crippen LogP contribution >= 0.6 is 0 Å². The standard InChI is InChI=1S/C37H67NO13/c1-14-25-37(10,44)30(41)20(4)27(39)18(2)16-36(9,46-13)32(51-34-28(40)24(38-11)15-19(3)47-34)21(5)29(22(6)33(43)49-25)50-26-17-35(8,45-12)31(42)23(7)48-26/h18-26,28-32,34,38,40-42,44H,14-17H2,1-13H3/t18-,19?,20+,21+,22-,23?,24?,25-,26?,28?,29+,30-,31?,32-,34?,35?,36-,37-/m1/s1. The SMILES string of the molecule is CC[C@H]1OC(=O)[C@H](C)[C@@H](OC2CC(C)(OC)C(O)C(C)O2)[C@H](C)[C@@H](OC2OC(C)CC(NC)C2O)[C@](C)(OC)C[C@@H](C)C(=O)[C@H](C)[C@@H](O)[C@]1(C)O. The van der Waals surface area contributed by atoms with Gasteiger partial charge in [-0.05, 0) is 67.9 Å². The zero-order valence-corrected chi connectivity index (χ0v) is 33.0. The summed E-state index contributed by atoms with van der Waals surface area (Å²) in [7, 11) is 4.75. The molecule has 5 N–H and O–H groups in total. The van der Waals surface area contributed by atoms with E-state index in [0.29, 0.717) is 6.42 Å². The summed E-state index contributed by atoms with van der Waals surface area (Å²) >= 11 is 0. The first-order valence-electron chi connectivity index (χ1n) is 18.5. The van der Waals surface area contributed by atoms with E-state index in [0.717, 1.165) is 0 Å². The van der Waals surface area contributed by atoms with Crippen LogP contribution in [-0.2, 0) is 42.7 Å². The first-order chi connectivity index (χ1) is 23.6. The van der Waals surface area contributed by atoms with Crippen molar-refractivity contribution in [3.8, 4) is 0 Å². The van der Waals surface area contributed by atoms with Crippen LogP contribution in [0.3, 0.4) is 0 Å². The van der Waals surface area contributed by atoms with E-state index in [2.05, 4.69) is 5.32 Å². The number of methoxy groups -OCH3 is 2. The highest BCUT2D eigenvalue weighted by atomic mass is 16.7. The van der Waals surface area contributed by atoms with Crippen molar-refractivity contribution in [1.29, 1.82) is 0 Å². The summed E-state index contributed by atoms with van der Waals surface area (Å²) in [4.78, 5) is 28.1. The van der Waals surface area contributed by atoms with Gasteiger partial charge in [0.2, 0.25) is 0 Å². The monoisotopic (exact) mass is 733 g/mol. The predicted molar refractivity (Wildman–Crippen MR) is 186 cm³/mol. The lowest BCUT2D eigenvalue weighted by molar-refractivity contribution is -0.317. The van der Waals surface area contributed by atoms with Gasteiger partial charge in [0.05, 0.1) is 47.6 Å². The molecular weight excluding hydrogens is 666 g/mol. The molecule has 0 radical (unpaired) electrons. The second-order valence-electron chi connectivity index (χ2n) is 16.0. The van der Waals surface area contributed by atoms with Crippen LogP contribution in [0.15, 0.2) is 0 Å². The van der Waals surface area contributed by atoms with Crippen LogP contribution in [0.5, 0.6) is 0 Å². The minimum absolute atomic E-state index is 0.109. The van der Waals surface area contributed by atoms with Gasteiger partial charge in [-0.1, -0.05) is 27.7 Å². The van der Waals surface area contributed by atoms with Gasteiger partial charge >= 0.3 is 5.97 Å². The molecule has 3 aliphatic heterocycles. The number of hydrogen-bond donors (Lipinski definition) is 5. The fourth-order valence-electron chi connectivity index (χ4n) is 8.38. The quantitative estimate of drug-likeness (QED) is 0.228. The van der Waals surface area contributed by atoms with Crippen molar-refractivity contribution < 1.29 is 63.2 Å². The molecule has 51 heavy (non-hydrogen) atoms. The Labute approximate surface area is 304 Å². The van der Waals surface area contributed by atoms with Gasteiger partial charge < -0.3 is 58.9 Å². The van der Waals surface area contributed by atoms with E-state index in [-0.39, 0.29) is 37.2 Å². The van der Waals surface area contributed by atoms with Gasteiger partial charge in [0.1, 0.15) is 29.7 Å². The average Bonchev–Trinajstić information content (AvgIpc) is 3.09. The van der Waals surface area contributed by atoms with E-state index in [1.54, 1.807) is 55.5 Å². The molecule has 14 heteroatoms. The van der Waals surface area contributed by atoms with Crippen LogP contribution in [0.25, 0.3) is 0 Å². The topological polar surface area (TPSA) is 192 Å². The predicted octanol–water partition coefficient (Wildman–Crippen LogP) is 2.10. The molecule has 8 unspecified atom stereocenters. The van der Waals surface area contributed by atoms with E-state index in [9.17, 15) is 30.0 Å². The van der Waals surface area contributed by atoms with Gasteiger partial charge in [-0.2, -0.15) is 0 Å². The molecular formula is C37H67NO13. The maximum absolute atomic E-state index is 14.1. The van der Waals surface area contributed by atoms with Gasteiger partial charge in [0, 0.05) is 44.4 Å². The molecule has 0 amide bonds. The molecule has 3 rings (SSSR count). The number of aliphatic hydroxyl groups is 4. The van der Waals surface area contributed by atoms with Gasteiger partial charge in [-0.3, -0.25) is 9.59 Å². The van der Waals surface area contributed by atoms with E-state index in [1.807, 2.05) is 13.8 Å². The molecule has 14 nitrogen and oxygen atoms in total. The lowest BCUT2D eigenvalue weighted by atomic mass is 9.74. The normalized spacial score (nSPS) is 49.6. The summed E-state index contributed by atoms with van der Waals surface area (Å²) in [6.07, 6.45) is -8.78. The lowest BCUT2D eigenvalue weighted by Gasteiger charge is -2.49. The molecule has 3 fully saturated rings. The van der Waals surface area contributed by atoms with Crippen molar-refractivity contribution in [2.24, 2.45) is 23.7 Å². The lowest BCUT2D eigenvalue weighted by Crippen LogP contribution is -2.61. The van der Waals surface area contributed by atoms with Gasteiger partial charge in [-0.15, -0.1) is 0 Å². The summed E-state index contributed by atoms with van der Waals surface area (Å²) < 4.78 is 43.7. The van der Waals surface area contributed by atoms with Crippen LogP contribution in [0, 0.1) is 23.7 Å². The van der Waals surface area contributed by atoms with Crippen LogP contribution in [0.2, 0.25) is 0 Å². The Morgan fingerprint density at radius 2 is 1.47 bits per heavy atom. The van der Waals surface area contributed by atoms with E-state index >= 15 is 0 Å². The number of hydrogen-bond acceptors (Lipinski definition) is 14. The molecule has 3 heterocycles. The third-order valence-corrected chi connectivity index (χ3v) is 12.0. The fourth-order valence-corrected chi connectivity index (χ4v) is 8.38. The van der Waals surface area contributed by atoms with Gasteiger partial charge in [0.15, 0.2) is 12.6 Å². The Hall–Kier alpha value is -1.30. The molecule has 18 atom stereocenters. The van der Waals surface area contributed by atoms with Crippen LogP contribution in [0.4, 0.5) is 0 Å². The van der Waals surface area contributed by atoms with Crippen molar-refractivity contribution in [3.05, 3.63) is 0 Å². The number of Topliss-reactive ketones (excluding diaryl/α,β-unsaturated/α-hetero) is 1. The van der Waals surface area contributed by atoms with Crippen molar-refractivity contribution in [2.75, 3.05) is 21.3 Å². The molecule has 0 aliphatic carbocycles. The molecule has 0 aromatic rings. The first-order valence-corrected chi connectivity index (χ1v) is 18.5. The van der Waals surface area contributed by atoms with Crippen LogP contribution < -0.4 is 5.32 Å². The smallest absolute Gasteiger partial charge is 0.311 e. The number of ketones is 1. The average molecular weight is 734 g/mol. The van der Waals surface area contributed by atoms with Gasteiger partial charge in [-0.25, -0.2) is 0 Å². The number of esters is 1. The second-order valence-corrected chi connectivity index (χ2v) is 16.0.